The molecule has 1 aliphatic heterocycles. The number of fused-ring (bicyclic) bond motifs is 1. The second-order valence-corrected chi connectivity index (χ2v) is 8.08. The van der Waals surface area contributed by atoms with Crippen molar-refractivity contribution in [2.24, 2.45) is 0 Å². The first-order valence-electron chi connectivity index (χ1n) is 9.92. The molecule has 1 unspecified atom stereocenters. The maximum Gasteiger partial charge on any atom is 0.317 e. The molecule has 0 saturated carbocycles. The number of H-pyrrole nitrogens is 1. The maximum atomic E-state index is 12.3. The second-order valence-electron chi connectivity index (χ2n) is 7.67. The van der Waals surface area contributed by atoms with Crippen molar-refractivity contribution in [3.8, 4) is 11.3 Å². The summed E-state index contributed by atoms with van der Waals surface area (Å²) in [4.78, 5) is 26.5. The fraction of sp³-hybridized carbons (Fsp3) is 0.381. The van der Waals surface area contributed by atoms with Crippen molar-refractivity contribution in [2.45, 2.75) is 38.8 Å². The lowest BCUT2D eigenvalue weighted by Gasteiger charge is -2.33. The van der Waals surface area contributed by atoms with Crippen LogP contribution in [0.4, 0.5) is 10.7 Å². The number of likely N-dealkylation sites (tertiary alicyclic amines) is 1. The van der Waals surface area contributed by atoms with Crippen molar-refractivity contribution in [1.29, 1.82) is 0 Å². The summed E-state index contributed by atoms with van der Waals surface area (Å²) in [6.45, 7) is 5.31. The van der Waals surface area contributed by atoms with Crippen LogP contribution in [0.1, 0.15) is 26.7 Å². The summed E-state index contributed by atoms with van der Waals surface area (Å²) in [6.07, 6.45) is 5.44. The molecule has 1 saturated heterocycles. The minimum Gasteiger partial charge on any atom is -0.360 e. The molecule has 152 valence electrons. The normalized spacial score (nSPS) is 17.0. The highest BCUT2D eigenvalue weighted by atomic mass is 35.5. The highest BCUT2D eigenvalue weighted by Gasteiger charge is 2.24. The first kappa shape index (κ1) is 19.5. The lowest BCUT2D eigenvalue weighted by molar-refractivity contribution is 0.180. The van der Waals surface area contributed by atoms with E-state index in [4.69, 9.17) is 11.6 Å². The molecule has 3 heterocycles. The summed E-state index contributed by atoms with van der Waals surface area (Å²) in [5, 5.41) is 7.90. The minimum absolute atomic E-state index is 0.0250. The third-order valence-electron chi connectivity index (χ3n) is 5.04. The van der Waals surface area contributed by atoms with E-state index < -0.39 is 0 Å². The Kier molecular flexibility index (Phi) is 5.58. The lowest BCUT2D eigenvalue weighted by Crippen LogP contribution is -2.50. The van der Waals surface area contributed by atoms with Crippen LogP contribution in [0.25, 0.3) is 22.2 Å². The molecule has 29 heavy (non-hydrogen) atoms. The number of nitrogens with one attached hydrogen (secondary N) is 3. The Morgan fingerprint density at radius 2 is 2.17 bits per heavy atom. The van der Waals surface area contributed by atoms with Gasteiger partial charge in [-0.2, -0.15) is 0 Å². The van der Waals surface area contributed by atoms with Crippen LogP contribution in [-0.2, 0) is 0 Å². The highest BCUT2D eigenvalue weighted by Crippen LogP contribution is 2.32. The highest BCUT2D eigenvalue weighted by molar-refractivity contribution is 6.33. The van der Waals surface area contributed by atoms with Gasteiger partial charge in [-0.25, -0.2) is 14.8 Å². The molecule has 0 aliphatic carbocycles. The zero-order chi connectivity index (χ0) is 20.4. The molecule has 1 fully saturated rings. The molecule has 1 atom stereocenters. The van der Waals surface area contributed by atoms with Crippen LogP contribution in [-0.4, -0.2) is 51.1 Å². The number of carbonyl (C=O) groups is 1. The van der Waals surface area contributed by atoms with Crippen LogP contribution < -0.4 is 10.6 Å². The quantitative estimate of drug-likeness (QED) is 0.597. The van der Waals surface area contributed by atoms with E-state index in [9.17, 15) is 4.79 Å². The van der Waals surface area contributed by atoms with Gasteiger partial charge in [0.1, 0.15) is 0 Å². The molecule has 2 aromatic heterocycles. The molecule has 3 aromatic rings. The number of urea groups is 1. The Labute approximate surface area is 174 Å². The van der Waals surface area contributed by atoms with Crippen molar-refractivity contribution < 1.29 is 4.79 Å². The van der Waals surface area contributed by atoms with Gasteiger partial charge in [0.2, 0.25) is 5.95 Å². The van der Waals surface area contributed by atoms with Gasteiger partial charge >= 0.3 is 6.03 Å². The largest absolute Gasteiger partial charge is 0.360 e. The number of rotatable bonds is 4. The molecular weight excluding hydrogens is 388 g/mol. The Bertz CT molecular complexity index is 1020. The van der Waals surface area contributed by atoms with Gasteiger partial charge in [0.05, 0.1) is 16.9 Å². The van der Waals surface area contributed by atoms with Crippen molar-refractivity contribution in [3.63, 3.8) is 0 Å². The van der Waals surface area contributed by atoms with Crippen LogP contribution in [0.2, 0.25) is 5.02 Å². The second kappa shape index (κ2) is 8.29. The summed E-state index contributed by atoms with van der Waals surface area (Å²) in [5.74, 6) is 0.519. The number of para-hydroxylation sites is 1. The van der Waals surface area contributed by atoms with E-state index in [1.165, 1.54) is 0 Å². The standard InChI is InChI=1S/C21H25ClN6O/c1-13(2)25-21(29)28-9-5-6-14(12-28)26-20-24-11-17(22)19(27-20)16-10-23-18-8-4-3-7-15(16)18/h3-4,7-8,10-11,13-14,23H,5-6,9,12H2,1-2H3,(H,25,29)(H,24,26,27). The van der Waals surface area contributed by atoms with E-state index in [0.717, 1.165) is 35.9 Å². The van der Waals surface area contributed by atoms with Crippen molar-refractivity contribution in [1.82, 2.24) is 25.2 Å². The van der Waals surface area contributed by atoms with E-state index in [1.54, 1.807) is 6.20 Å². The smallest absolute Gasteiger partial charge is 0.317 e. The average Bonchev–Trinajstić information content (AvgIpc) is 3.13. The van der Waals surface area contributed by atoms with Gasteiger partial charge < -0.3 is 20.5 Å². The molecule has 0 bridgehead atoms. The van der Waals surface area contributed by atoms with Gasteiger partial charge in [0.15, 0.2) is 0 Å². The number of anilines is 1. The molecule has 3 N–H and O–H groups in total. The van der Waals surface area contributed by atoms with Crippen LogP contribution in [0, 0.1) is 0 Å². The summed E-state index contributed by atoms with van der Waals surface area (Å²) < 4.78 is 0. The predicted octanol–water partition coefficient (Wildman–Crippen LogP) is 4.27. The number of halogens is 1. The molecule has 7 nitrogen and oxygen atoms in total. The molecule has 0 spiro atoms. The number of hydrogen-bond donors (Lipinski definition) is 3. The Balaban J connectivity index is 1.53. The molecule has 2 amide bonds. The van der Waals surface area contributed by atoms with Gasteiger partial charge in [-0.1, -0.05) is 29.8 Å². The molecule has 4 rings (SSSR count). The van der Waals surface area contributed by atoms with E-state index in [-0.39, 0.29) is 18.1 Å². The fourth-order valence-electron chi connectivity index (χ4n) is 3.69. The Morgan fingerprint density at radius 3 is 3.00 bits per heavy atom. The zero-order valence-electron chi connectivity index (χ0n) is 16.6. The summed E-state index contributed by atoms with van der Waals surface area (Å²) in [5.41, 5.74) is 2.66. The average molecular weight is 413 g/mol. The Morgan fingerprint density at radius 1 is 1.34 bits per heavy atom. The molecule has 0 radical (unpaired) electrons. The Hall–Kier alpha value is -2.80. The van der Waals surface area contributed by atoms with Crippen LogP contribution in [0.15, 0.2) is 36.7 Å². The number of hydrogen-bond acceptors (Lipinski definition) is 4. The van der Waals surface area contributed by atoms with E-state index in [0.29, 0.717) is 23.2 Å². The zero-order valence-corrected chi connectivity index (χ0v) is 17.3. The number of carbonyl (C=O) groups excluding carboxylic acids is 1. The van der Waals surface area contributed by atoms with Crippen LogP contribution in [0.3, 0.4) is 0 Å². The number of aromatic amines is 1. The lowest BCUT2D eigenvalue weighted by atomic mass is 10.1. The number of aromatic nitrogens is 3. The number of nitrogens with zero attached hydrogens (tertiary/aromatic N) is 3. The van der Waals surface area contributed by atoms with Crippen molar-refractivity contribution in [3.05, 3.63) is 41.7 Å². The number of amides is 2. The van der Waals surface area contributed by atoms with Gasteiger partial charge in [-0.3, -0.25) is 0 Å². The first-order valence-corrected chi connectivity index (χ1v) is 10.3. The van der Waals surface area contributed by atoms with Crippen molar-refractivity contribution >= 4 is 34.5 Å². The van der Waals surface area contributed by atoms with E-state index in [2.05, 4.69) is 25.6 Å². The maximum absolute atomic E-state index is 12.3. The summed E-state index contributed by atoms with van der Waals surface area (Å²) in [7, 11) is 0. The number of benzene rings is 1. The van der Waals surface area contributed by atoms with Crippen LogP contribution >= 0.6 is 11.6 Å². The SMILES string of the molecule is CC(C)NC(=O)N1CCCC(Nc2ncc(Cl)c(-c3c[nH]c4ccccc34)n2)C1. The van der Waals surface area contributed by atoms with E-state index in [1.807, 2.05) is 49.2 Å². The molecule has 1 aromatic carbocycles. The summed E-state index contributed by atoms with van der Waals surface area (Å²) >= 11 is 6.42. The van der Waals surface area contributed by atoms with Gasteiger partial charge in [-0.15, -0.1) is 0 Å². The number of piperidine rings is 1. The minimum atomic E-state index is -0.0250. The van der Waals surface area contributed by atoms with Gasteiger partial charge in [-0.05, 0) is 32.8 Å². The topological polar surface area (TPSA) is 85.9 Å². The van der Waals surface area contributed by atoms with Crippen LogP contribution in [0.5, 0.6) is 0 Å². The third-order valence-corrected chi connectivity index (χ3v) is 5.32. The monoisotopic (exact) mass is 412 g/mol. The fourth-order valence-corrected chi connectivity index (χ4v) is 3.89. The molecule has 1 aliphatic rings. The van der Waals surface area contributed by atoms with Crippen molar-refractivity contribution in [2.75, 3.05) is 18.4 Å². The first-order chi connectivity index (χ1) is 14.0. The molecule has 8 heteroatoms. The third kappa shape index (κ3) is 4.29. The predicted molar refractivity (Wildman–Crippen MR) is 116 cm³/mol. The molecular formula is C21H25ClN6O. The van der Waals surface area contributed by atoms with Gasteiger partial charge in [0, 0.05) is 47.8 Å². The van der Waals surface area contributed by atoms with E-state index >= 15 is 0 Å². The summed E-state index contributed by atoms with van der Waals surface area (Å²) in [6, 6.07) is 8.23. The van der Waals surface area contributed by atoms with Gasteiger partial charge in [0.25, 0.3) is 0 Å².